The highest BCUT2D eigenvalue weighted by Crippen LogP contribution is 2.43. The summed E-state index contributed by atoms with van der Waals surface area (Å²) in [6.07, 6.45) is 91.8. The zero-order valence-corrected chi connectivity index (χ0v) is 53.6. The first-order valence-corrected chi connectivity index (χ1v) is 33.7. The Bertz CT molecular complexity index is 1940. The van der Waals surface area contributed by atoms with Gasteiger partial charge in [-0.1, -0.05) is 255 Å². The fourth-order valence-corrected chi connectivity index (χ4v) is 8.92. The minimum absolute atomic E-state index is 0.0206. The first kappa shape index (κ1) is 77.6. The maximum atomic E-state index is 12.9. The maximum absolute atomic E-state index is 12.9. The van der Waals surface area contributed by atoms with Gasteiger partial charge in [-0.25, -0.2) is 4.57 Å². The smallest absolute Gasteiger partial charge is 0.462 e. The monoisotopic (exact) mass is 1160 g/mol. The Labute approximate surface area is 503 Å². The molecular weight excluding hydrogens is 1040 g/mol. The zero-order valence-electron chi connectivity index (χ0n) is 52.7. The molecule has 0 aromatic carbocycles. The number of carbonyl (C=O) groups excluding carboxylic acids is 2. The van der Waals surface area contributed by atoms with Crippen LogP contribution in [0.2, 0.25) is 0 Å². The van der Waals surface area contributed by atoms with Gasteiger partial charge in [-0.15, -0.1) is 0 Å². The van der Waals surface area contributed by atoms with E-state index < -0.39 is 26.5 Å². The van der Waals surface area contributed by atoms with Crippen LogP contribution in [0.1, 0.15) is 232 Å². The van der Waals surface area contributed by atoms with Crippen molar-refractivity contribution in [3.63, 3.8) is 0 Å². The highest BCUT2D eigenvalue weighted by atomic mass is 31.2. The van der Waals surface area contributed by atoms with Crippen LogP contribution in [0.5, 0.6) is 0 Å². The summed E-state index contributed by atoms with van der Waals surface area (Å²) in [6.45, 7) is 4.17. The van der Waals surface area contributed by atoms with Crippen LogP contribution in [0.15, 0.2) is 158 Å². The second-order valence-corrected chi connectivity index (χ2v) is 23.5. The molecule has 1 N–H and O–H groups in total. The van der Waals surface area contributed by atoms with Crippen LogP contribution >= 0.6 is 7.82 Å². The van der Waals surface area contributed by atoms with Crippen molar-refractivity contribution in [3.05, 3.63) is 158 Å². The van der Waals surface area contributed by atoms with Crippen LogP contribution in [-0.4, -0.2) is 74.9 Å². The third-order valence-electron chi connectivity index (χ3n) is 13.1. The Morgan fingerprint density at radius 2 is 0.659 bits per heavy atom. The molecule has 2 atom stereocenters. The standard InChI is InChI=1S/C72H118NO8P/c1-6-8-10-12-14-16-18-20-22-24-26-28-29-30-31-32-33-34-35-36-37-38-39-40-41-42-43-45-47-49-51-53-55-57-59-61-63-65-72(75)81-70(69-80-82(76,77)79-67-66-73(3,4)5)68-78-71(74)64-62-60-58-56-54-52-50-48-46-44-27-25-23-21-19-17-15-13-11-9-7-2/h8-11,14-17,20-23,26-28,30-31,33-34,36-37,39-40,42-44,70H,6-7,12-13,18-19,24-25,29,32,35,38,41,45-69H2,1-5H3/p+1/b10-8-,11-9-,16-14-,17-15-,22-20-,23-21-,28-26-,31-30-,34-33-,37-36-,40-39-,43-42-,44-27-. The lowest BCUT2D eigenvalue weighted by Gasteiger charge is -2.24. The topological polar surface area (TPSA) is 108 Å². The number of hydrogen-bond donors (Lipinski definition) is 1. The van der Waals surface area contributed by atoms with Crippen LogP contribution in [0, 0.1) is 0 Å². The van der Waals surface area contributed by atoms with Crippen molar-refractivity contribution < 1.29 is 42.1 Å². The number of phosphoric ester groups is 1. The zero-order chi connectivity index (χ0) is 59.8. The number of ether oxygens (including phenoxy) is 2. The molecule has 0 heterocycles. The fraction of sp³-hybridized carbons (Fsp3) is 0.611. The van der Waals surface area contributed by atoms with Gasteiger partial charge in [0.1, 0.15) is 19.8 Å². The van der Waals surface area contributed by atoms with Crippen molar-refractivity contribution in [2.45, 2.75) is 238 Å². The fourth-order valence-electron chi connectivity index (χ4n) is 8.18. The van der Waals surface area contributed by atoms with Gasteiger partial charge < -0.3 is 18.9 Å². The highest BCUT2D eigenvalue weighted by Gasteiger charge is 2.27. The van der Waals surface area contributed by atoms with Crippen molar-refractivity contribution in [1.29, 1.82) is 0 Å². The van der Waals surface area contributed by atoms with E-state index in [1.54, 1.807) is 0 Å². The second-order valence-electron chi connectivity index (χ2n) is 22.0. The Hall–Kier alpha value is -4.37. The van der Waals surface area contributed by atoms with Crippen LogP contribution < -0.4 is 0 Å². The van der Waals surface area contributed by atoms with Crippen molar-refractivity contribution >= 4 is 19.8 Å². The summed E-state index contributed by atoms with van der Waals surface area (Å²) in [7, 11) is 1.45. The Morgan fingerprint density at radius 1 is 0.378 bits per heavy atom. The van der Waals surface area contributed by atoms with E-state index in [1.165, 1.54) is 57.8 Å². The average molecular weight is 1160 g/mol. The van der Waals surface area contributed by atoms with E-state index in [-0.39, 0.29) is 32.0 Å². The van der Waals surface area contributed by atoms with Gasteiger partial charge in [0.2, 0.25) is 0 Å². The summed E-state index contributed by atoms with van der Waals surface area (Å²) in [5.41, 5.74) is 0. The molecule has 9 nitrogen and oxygen atoms in total. The molecule has 464 valence electrons. The number of rotatable bonds is 57. The van der Waals surface area contributed by atoms with Crippen molar-refractivity contribution in [2.24, 2.45) is 0 Å². The van der Waals surface area contributed by atoms with E-state index in [0.717, 1.165) is 141 Å². The molecule has 0 aliphatic carbocycles. The molecule has 0 saturated heterocycles. The van der Waals surface area contributed by atoms with Crippen molar-refractivity contribution in [2.75, 3.05) is 47.5 Å². The largest absolute Gasteiger partial charge is 0.472 e. The molecule has 0 fully saturated rings. The van der Waals surface area contributed by atoms with Crippen LogP contribution in [0.25, 0.3) is 0 Å². The highest BCUT2D eigenvalue weighted by molar-refractivity contribution is 7.47. The van der Waals surface area contributed by atoms with Gasteiger partial charge in [0.25, 0.3) is 0 Å². The molecule has 0 saturated carbocycles. The number of hydrogen-bond acceptors (Lipinski definition) is 7. The summed E-state index contributed by atoms with van der Waals surface area (Å²) in [5.74, 6) is -0.823. The molecule has 0 aromatic heterocycles. The molecule has 0 rings (SSSR count). The van der Waals surface area contributed by atoms with E-state index in [2.05, 4.69) is 172 Å². The number of allylic oxidation sites excluding steroid dienone is 26. The van der Waals surface area contributed by atoms with E-state index in [1.807, 2.05) is 21.1 Å². The third-order valence-corrected chi connectivity index (χ3v) is 14.0. The van der Waals surface area contributed by atoms with Crippen LogP contribution in [0.3, 0.4) is 0 Å². The molecule has 0 radical (unpaired) electrons. The molecule has 0 aromatic rings. The normalized spacial score (nSPS) is 14.3. The molecule has 0 aliphatic rings. The van der Waals surface area contributed by atoms with Gasteiger partial charge in [-0.2, -0.15) is 0 Å². The van der Waals surface area contributed by atoms with Crippen molar-refractivity contribution in [1.82, 2.24) is 0 Å². The summed E-state index contributed by atoms with van der Waals surface area (Å²) >= 11 is 0. The lowest BCUT2D eigenvalue weighted by molar-refractivity contribution is -0.870. The molecule has 0 bridgehead atoms. The predicted molar refractivity (Wildman–Crippen MR) is 353 cm³/mol. The third kappa shape index (κ3) is 64.8. The van der Waals surface area contributed by atoms with Crippen LogP contribution in [-0.2, 0) is 32.7 Å². The van der Waals surface area contributed by atoms with Gasteiger partial charge in [-0.05, 0) is 122 Å². The predicted octanol–water partition coefficient (Wildman–Crippen LogP) is 20.8. The van der Waals surface area contributed by atoms with Gasteiger partial charge in [-0.3, -0.25) is 18.6 Å². The Balaban J connectivity index is 4.16. The number of likely N-dealkylation sites (N-methyl/N-ethyl adjacent to an activating group) is 1. The molecular formula is C72H119NO8P+. The molecule has 0 amide bonds. The minimum Gasteiger partial charge on any atom is -0.462 e. The SMILES string of the molecule is CC/C=C\C/C=C\C/C=C\C/C=C\C/C=C\C/C=C\C/C=C\C/C=C\C/C=C\CCCCCCCCCCCC(=O)OC(COC(=O)CCCCCCCCCC/C=C\C/C=C\C/C=C\C/C=C\CC)COP(=O)(O)OCC[N+](C)(C)C. The number of phosphoric acid groups is 1. The van der Waals surface area contributed by atoms with E-state index in [9.17, 15) is 19.0 Å². The molecule has 2 unspecified atom stereocenters. The second kappa shape index (κ2) is 61.2. The number of esters is 2. The number of unbranched alkanes of at least 4 members (excludes halogenated alkanes) is 17. The van der Waals surface area contributed by atoms with Gasteiger partial charge in [0.15, 0.2) is 6.10 Å². The van der Waals surface area contributed by atoms with E-state index >= 15 is 0 Å². The summed E-state index contributed by atoms with van der Waals surface area (Å²) in [6, 6.07) is 0. The summed E-state index contributed by atoms with van der Waals surface area (Å²) in [4.78, 5) is 35.8. The minimum atomic E-state index is -4.40. The Morgan fingerprint density at radius 3 is 0.976 bits per heavy atom. The lowest BCUT2D eigenvalue weighted by atomic mass is 10.1. The first-order chi connectivity index (χ1) is 40.0. The van der Waals surface area contributed by atoms with Crippen LogP contribution in [0.4, 0.5) is 0 Å². The van der Waals surface area contributed by atoms with Gasteiger partial charge in [0.05, 0.1) is 27.7 Å². The summed E-state index contributed by atoms with van der Waals surface area (Å²) in [5, 5.41) is 0. The van der Waals surface area contributed by atoms with Gasteiger partial charge in [0, 0.05) is 12.8 Å². The molecule has 0 spiro atoms. The van der Waals surface area contributed by atoms with Gasteiger partial charge >= 0.3 is 19.8 Å². The number of quaternary nitrogens is 1. The van der Waals surface area contributed by atoms with E-state index in [4.69, 9.17) is 18.5 Å². The number of nitrogens with zero attached hydrogens (tertiary/aromatic N) is 1. The quantitative estimate of drug-likeness (QED) is 0.0211. The molecule has 0 aliphatic heterocycles. The average Bonchev–Trinajstić information content (AvgIpc) is 3.46. The number of carbonyl (C=O) groups is 2. The first-order valence-electron chi connectivity index (χ1n) is 32.2. The Kier molecular flexibility index (Phi) is 57.9. The van der Waals surface area contributed by atoms with Crippen molar-refractivity contribution in [3.8, 4) is 0 Å². The van der Waals surface area contributed by atoms with E-state index in [0.29, 0.717) is 17.4 Å². The molecule has 82 heavy (non-hydrogen) atoms. The molecule has 10 heteroatoms. The summed E-state index contributed by atoms with van der Waals surface area (Å²) < 4.78 is 34.6. The maximum Gasteiger partial charge on any atom is 0.472 e. The lowest BCUT2D eigenvalue weighted by Crippen LogP contribution is -2.37.